The highest BCUT2D eigenvalue weighted by atomic mass is 32.1. The van der Waals surface area contributed by atoms with Gasteiger partial charge in [-0.05, 0) is 57.8 Å². The summed E-state index contributed by atoms with van der Waals surface area (Å²) < 4.78 is 0. The maximum absolute atomic E-state index is 3.70. The van der Waals surface area contributed by atoms with Crippen LogP contribution in [0.3, 0.4) is 0 Å². The molecular weight excluding hydrogens is 252 g/mol. The summed E-state index contributed by atoms with van der Waals surface area (Å²) in [6.07, 6.45) is 2.39. The molecule has 0 aliphatic carbocycles. The lowest BCUT2D eigenvalue weighted by atomic mass is 9.88. The minimum absolute atomic E-state index is 0.205. The first-order valence-electron chi connectivity index (χ1n) is 7.57. The van der Waals surface area contributed by atoms with Gasteiger partial charge in [0.1, 0.15) is 0 Å². The van der Waals surface area contributed by atoms with E-state index in [-0.39, 0.29) is 5.54 Å². The van der Waals surface area contributed by atoms with Gasteiger partial charge in [-0.2, -0.15) is 0 Å². The molecule has 1 atom stereocenters. The minimum atomic E-state index is 0.205. The normalized spacial score (nSPS) is 14.0. The fraction of sp³-hybridized carbons (Fsp3) is 0.750. The minimum Gasteiger partial charge on any atom is -0.312 e. The van der Waals surface area contributed by atoms with Crippen LogP contribution in [0.25, 0.3) is 0 Å². The Balaban J connectivity index is 2.68. The molecule has 19 heavy (non-hydrogen) atoms. The molecule has 1 rings (SSSR count). The molecule has 1 unspecified atom stereocenters. The quantitative estimate of drug-likeness (QED) is 0.741. The molecule has 0 radical (unpaired) electrons. The SMILES string of the molecule is CCNC(CCc1cccs1)C(C)(C)N(CC)CC. The number of aryl methyl sites for hydroxylation is 1. The second kappa shape index (κ2) is 8.03. The molecule has 0 aliphatic rings. The van der Waals surface area contributed by atoms with Gasteiger partial charge in [-0.25, -0.2) is 0 Å². The van der Waals surface area contributed by atoms with Crippen LogP contribution >= 0.6 is 11.3 Å². The molecular formula is C16H30N2S. The van der Waals surface area contributed by atoms with Crippen LogP contribution in [0.1, 0.15) is 45.9 Å². The predicted molar refractivity (Wildman–Crippen MR) is 87.1 cm³/mol. The van der Waals surface area contributed by atoms with E-state index in [0.717, 1.165) is 19.6 Å². The highest BCUT2D eigenvalue weighted by Gasteiger charge is 2.33. The molecule has 0 saturated carbocycles. The molecule has 2 nitrogen and oxygen atoms in total. The van der Waals surface area contributed by atoms with Crippen LogP contribution in [-0.4, -0.2) is 36.1 Å². The van der Waals surface area contributed by atoms with Gasteiger partial charge in [0, 0.05) is 16.5 Å². The third kappa shape index (κ3) is 4.59. The Hall–Kier alpha value is -0.380. The third-order valence-corrected chi connectivity index (χ3v) is 5.08. The van der Waals surface area contributed by atoms with Gasteiger partial charge in [0.15, 0.2) is 0 Å². The molecule has 1 N–H and O–H groups in total. The van der Waals surface area contributed by atoms with Crippen LogP contribution in [-0.2, 0) is 6.42 Å². The van der Waals surface area contributed by atoms with Crippen molar-refractivity contribution in [2.45, 2.75) is 59.0 Å². The van der Waals surface area contributed by atoms with Gasteiger partial charge >= 0.3 is 0 Å². The average Bonchev–Trinajstić information content (AvgIpc) is 2.88. The maximum Gasteiger partial charge on any atom is 0.0306 e. The predicted octanol–water partition coefficient (Wildman–Crippen LogP) is 3.78. The van der Waals surface area contributed by atoms with E-state index in [9.17, 15) is 0 Å². The molecule has 110 valence electrons. The standard InChI is InChI=1S/C16H30N2S/c1-6-17-15(12-11-14-10-9-13-19-14)16(4,5)18(7-2)8-3/h9-10,13,15,17H,6-8,11-12H2,1-5H3. The van der Waals surface area contributed by atoms with Crippen LogP contribution in [0.5, 0.6) is 0 Å². The van der Waals surface area contributed by atoms with Crippen molar-refractivity contribution < 1.29 is 0 Å². The van der Waals surface area contributed by atoms with E-state index >= 15 is 0 Å². The highest BCUT2D eigenvalue weighted by molar-refractivity contribution is 7.09. The largest absolute Gasteiger partial charge is 0.312 e. The highest BCUT2D eigenvalue weighted by Crippen LogP contribution is 2.23. The number of thiophene rings is 1. The molecule has 1 aromatic heterocycles. The van der Waals surface area contributed by atoms with Crippen molar-refractivity contribution in [3.63, 3.8) is 0 Å². The van der Waals surface area contributed by atoms with Gasteiger partial charge in [-0.1, -0.05) is 26.8 Å². The van der Waals surface area contributed by atoms with Crippen molar-refractivity contribution in [1.82, 2.24) is 10.2 Å². The smallest absolute Gasteiger partial charge is 0.0306 e. The molecule has 0 spiro atoms. The number of rotatable bonds is 9. The van der Waals surface area contributed by atoms with Crippen LogP contribution in [0.2, 0.25) is 0 Å². The summed E-state index contributed by atoms with van der Waals surface area (Å²) in [6, 6.07) is 4.94. The first-order valence-corrected chi connectivity index (χ1v) is 8.44. The van der Waals surface area contributed by atoms with E-state index in [1.165, 1.54) is 17.7 Å². The fourth-order valence-electron chi connectivity index (χ4n) is 2.95. The number of nitrogens with one attached hydrogen (secondary N) is 1. The first-order chi connectivity index (χ1) is 9.06. The van der Waals surface area contributed by atoms with Gasteiger partial charge in [0.2, 0.25) is 0 Å². The lowest BCUT2D eigenvalue weighted by molar-refractivity contribution is 0.0884. The molecule has 0 bridgehead atoms. The summed E-state index contributed by atoms with van der Waals surface area (Å²) in [4.78, 5) is 4.06. The van der Waals surface area contributed by atoms with Crippen molar-refractivity contribution >= 4 is 11.3 Å². The number of nitrogens with zero attached hydrogens (tertiary/aromatic N) is 1. The van der Waals surface area contributed by atoms with E-state index < -0.39 is 0 Å². The Morgan fingerprint density at radius 1 is 1.26 bits per heavy atom. The zero-order chi connectivity index (χ0) is 14.3. The maximum atomic E-state index is 3.70. The summed E-state index contributed by atoms with van der Waals surface area (Å²) in [6.45, 7) is 14.7. The van der Waals surface area contributed by atoms with Gasteiger partial charge < -0.3 is 5.32 Å². The van der Waals surface area contributed by atoms with Crippen molar-refractivity contribution in [3.05, 3.63) is 22.4 Å². The van der Waals surface area contributed by atoms with Crippen molar-refractivity contribution in [3.8, 4) is 0 Å². The van der Waals surface area contributed by atoms with Gasteiger partial charge in [0.05, 0.1) is 0 Å². The summed E-state index contributed by atoms with van der Waals surface area (Å²) in [7, 11) is 0. The molecule has 3 heteroatoms. The van der Waals surface area contributed by atoms with Crippen molar-refractivity contribution in [2.24, 2.45) is 0 Å². The molecule has 0 fully saturated rings. The first kappa shape index (κ1) is 16.7. The summed E-state index contributed by atoms with van der Waals surface area (Å²) in [5.41, 5.74) is 0.205. The molecule has 0 saturated heterocycles. The van der Waals surface area contributed by atoms with E-state index in [1.54, 1.807) is 0 Å². The Kier molecular flexibility index (Phi) is 7.05. The number of likely N-dealkylation sites (N-methyl/N-ethyl adjacent to an activating group) is 2. The van der Waals surface area contributed by atoms with Crippen LogP contribution < -0.4 is 5.32 Å². The Labute approximate surface area is 123 Å². The zero-order valence-corrected chi connectivity index (χ0v) is 14.0. The van der Waals surface area contributed by atoms with Crippen LogP contribution in [0.4, 0.5) is 0 Å². The van der Waals surface area contributed by atoms with E-state index in [0.29, 0.717) is 6.04 Å². The van der Waals surface area contributed by atoms with E-state index in [4.69, 9.17) is 0 Å². The molecule has 1 heterocycles. The van der Waals surface area contributed by atoms with Crippen LogP contribution in [0.15, 0.2) is 17.5 Å². The van der Waals surface area contributed by atoms with E-state index in [1.807, 2.05) is 11.3 Å². The average molecular weight is 282 g/mol. The van der Waals surface area contributed by atoms with E-state index in [2.05, 4.69) is 62.3 Å². The lowest BCUT2D eigenvalue weighted by Crippen LogP contribution is -2.57. The Morgan fingerprint density at radius 3 is 2.42 bits per heavy atom. The lowest BCUT2D eigenvalue weighted by Gasteiger charge is -2.44. The summed E-state index contributed by atoms with van der Waals surface area (Å²) in [5.74, 6) is 0. The number of hydrogen-bond acceptors (Lipinski definition) is 3. The Morgan fingerprint density at radius 2 is 1.95 bits per heavy atom. The molecule has 0 aromatic carbocycles. The van der Waals surface area contributed by atoms with Crippen molar-refractivity contribution in [1.29, 1.82) is 0 Å². The third-order valence-electron chi connectivity index (χ3n) is 4.14. The van der Waals surface area contributed by atoms with Gasteiger partial charge in [-0.3, -0.25) is 4.90 Å². The monoisotopic (exact) mass is 282 g/mol. The Bertz CT molecular complexity index is 329. The molecule has 1 aromatic rings. The molecule has 0 aliphatic heterocycles. The summed E-state index contributed by atoms with van der Waals surface area (Å²) >= 11 is 1.87. The second-order valence-corrected chi connectivity index (χ2v) is 6.59. The van der Waals surface area contributed by atoms with Gasteiger partial charge in [0.25, 0.3) is 0 Å². The fourth-order valence-corrected chi connectivity index (χ4v) is 3.68. The van der Waals surface area contributed by atoms with Crippen molar-refractivity contribution in [2.75, 3.05) is 19.6 Å². The van der Waals surface area contributed by atoms with Gasteiger partial charge in [-0.15, -0.1) is 11.3 Å². The zero-order valence-electron chi connectivity index (χ0n) is 13.2. The summed E-state index contributed by atoms with van der Waals surface area (Å²) in [5, 5.41) is 5.87. The number of hydrogen-bond donors (Lipinski definition) is 1. The topological polar surface area (TPSA) is 15.3 Å². The molecule has 0 amide bonds. The second-order valence-electron chi connectivity index (χ2n) is 5.55. The van der Waals surface area contributed by atoms with Crippen LogP contribution in [0, 0.1) is 0 Å².